The molecule has 0 radical (unpaired) electrons. The van der Waals surface area contributed by atoms with Crippen molar-refractivity contribution < 1.29 is 14.3 Å². The molecular formula is C18H17Cl2NO3. The van der Waals surface area contributed by atoms with Crippen molar-refractivity contribution in [3.63, 3.8) is 0 Å². The van der Waals surface area contributed by atoms with Crippen molar-refractivity contribution in [2.75, 3.05) is 5.32 Å². The second kappa shape index (κ2) is 7.24. The Hall–Kier alpha value is -2.04. The highest BCUT2D eigenvalue weighted by Gasteiger charge is 2.19. The molecule has 0 heterocycles. The summed E-state index contributed by atoms with van der Waals surface area (Å²) in [6.07, 6.45) is 0.735. The summed E-state index contributed by atoms with van der Waals surface area (Å²) in [5.74, 6) is -0.0160. The van der Waals surface area contributed by atoms with Crippen molar-refractivity contribution in [1.82, 2.24) is 0 Å². The lowest BCUT2D eigenvalue weighted by Gasteiger charge is -2.23. The molecule has 24 heavy (non-hydrogen) atoms. The average molecular weight is 366 g/mol. The van der Waals surface area contributed by atoms with Crippen molar-refractivity contribution in [2.24, 2.45) is 0 Å². The molecule has 0 spiro atoms. The Balaban J connectivity index is 2.22. The molecule has 0 atom stereocenters. The number of ether oxygens (including phenoxy) is 1. The highest BCUT2D eigenvalue weighted by Crippen LogP contribution is 2.36. The second-order valence-electron chi connectivity index (χ2n) is 6.18. The highest BCUT2D eigenvalue weighted by atomic mass is 35.5. The molecule has 1 amide bonds. The molecule has 0 aliphatic heterocycles. The zero-order chi connectivity index (χ0) is 17.9. The SMILES string of the molecule is CC(C)(C)Oc1c(Cl)cc(C(=O)Nc2ccc(C=O)cc2)cc1Cl. The Morgan fingerprint density at radius 1 is 1.08 bits per heavy atom. The van der Waals surface area contributed by atoms with Crippen molar-refractivity contribution in [3.05, 3.63) is 57.6 Å². The molecule has 2 aromatic rings. The van der Waals surface area contributed by atoms with Crippen molar-refractivity contribution in [2.45, 2.75) is 26.4 Å². The number of anilines is 1. The summed E-state index contributed by atoms with van der Waals surface area (Å²) in [5, 5.41) is 3.24. The first kappa shape index (κ1) is 18.3. The molecule has 2 rings (SSSR count). The third kappa shape index (κ3) is 4.73. The number of aldehydes is 1. The van der Waals surface area contributed by atoms with E-state index in [-0.39, 0.29) is 16.0 Å². The van der Waals surface area contributed by atoms with Crippen LogP contribution < -0.4 is 10.1 Å². The van der Waals surface area contributed by atoms with Crippen LogP contribution in [0, 0.1) is 0 Å². The molecule has 1 N–H and O–H groups in total. The third-order valence-electron chi connectivity index (χ3n) is 2.97. The lowest BCUT2D eigenvalue weighted by Crippen LogP contribution is -2.23. The molecule has 0 aromatic heterocycles. The van der Waals surface area contributed by atoms with E-state index in [0.717, 1.165) is 6.29 Å². The molecule has 126 valence electrons. The Labute approximate surface area is 150 Å². The normalized spacial score (nSPS) is 11.0. The fraction of sp³-hybridized carbons (Fsp3) is 0.222. The van der Waals surface area contributed by atoms with Gasteiger partial charge in [-0.05, 0) is 57.2 Å². The number of carbonyl (C=O) groups excluding carboxylic acids is 2. The molecule has 0 aliphatic rings. The molecule has 0 saturated heterocycles. The van der Waals surface area contributed by atoms with E-state index in [1.807, 2.05) is 20.8 Å². The first-order valence-electron chi connectivity index (χ1n) is 7.24. The van der Waals surface area contributed by atoms with E-state index < -0.39 is 5.60 Å². The number of amides is 1. The zero-order valence-electron chi connectivity index (χ0n) is 13.5. The summed E-state index contributed by atoms with van der Waals surface area (Å²) in [5.41, 5.74) is 0.943. The number of nitrogens with one attached hydrogen (secondary N) is 1. The summed E-state index contributed by atoms with van der Waals surface area (Å²) >= 11 is 12.4. The minimum absolute atomic E-state index is 0.263. The summed E-state index contributed by atoms with van der Waals surface area (Å²) in [6.45, 7) is 5.63. The zero-order valence-corrected chi connectivity index (χ0v) is 15.0. The van der Waals surface area contributed by atoms with Gasteiger partial charge in [0, 0.05) is 16.8 Å². The lowest BCUT2D eigenvalue weighted by atomic mass is 10.1. The fourth-order valence-corrected chi connectivity index (χ4v) is 2.51. The van der Waals surface area contributed by atoms with Crippen molar-refractivity contribution in [3.8, 4) is 5.75 Å². The molecule has 0 bridgehead atoms. The number of carbonyl (C=O) groups is 2. The van der Waals surface area contributed by atoms with E-state index >= 15 is 0 Å². The lowest BCUT2D eigenvalue weighted by molar-refractivity contribution is 0.102. The van der Waals surface area contributed by atoms with E-state index in [9.17, 15) is 9.59 Å². The minimum Gasteiger partial charge on any atom is -0.485 e. The maximum Gasteiger partial charge on any atom is 0.255 e. The van der Waals surface area contributed by atoms with Gasteiger partial charge in [0.2, 0.25) is 0 Å². The van der Waals surface area contributed by atoms with Crippen LogP contribution in [0.3, 0.4) is 0 Å². The predicted octanol–water partition coefficient (Wildman–Crippen LogP) is 5.24. The largest absolute Gasteiger partial charge is 0.485 e. The topological polar surface area (TPSA) is 55.4 Å². The average Bonchev–Trinajstić information content (AvgIpc) is 2.50. The van der Waals surface area contributed by atoms with Crippen molar-refractivity contribution in [1.29, 1.82) is 0 Å². The molecule has 6 heteroatoms. The Bertz CT molecular complexity index is 742. The summed E-state index contributed by atoms with van der Waals surface area (Å²) in [6, 6.07) is 9.52. The van der Waals surface area contributed by atoms with Gasteiger partial charge in [-0.15, -0.1) is 0 Å². The van der Waals surface area contributed by atoms with Gasteiger partial charge in [0.25, 0.3) is 5.91 Å². The molecule has 2 aromatic carbocycles. The molecule has 4 nitrogen and oxygen atoms in total. The fourth-order valence-electron chi connectivity index (χ4n) is 1.94. The first-order valence-corrected chi connectivity index (χ1v) is 8.00. The minimum atomic E-state index is -0.461. The van der Waals surface area contributed by atoms with E-state index in [1.165, 1.54) is 12.1 Å². The standard InChI is InChI=1S/C18H17Cl2NO3/c1-18(2,3)24-16-14(19)8-12(9-15(16)20)17(23)21-13-6-4-11(10-22)5-7-13/h4-10H,1-3H3,(H,21,23). The number of rotatable bonds is 4. The summed E-state index contributed by atoms with van der Waals surface area (Å²) in [4.78, 5) is 23.0. The molecule has 0 fully saturated rings. The molecule has 0 saturated carbocycles. The maximum absolute atomic E-state index is 12.3. The van der Waals surface area contributed by atoms with Crippen molar-refractivity contribution >= 4 is 41.1 Å². The quantitative estimate of drug-likeness (QED) is 0.754. The number of hydrogen-bond acceptors (Lipinski definition) is 3. The van der Waals surface area contributed by atoms with Gasteiger partial charge >= 0.3 is 0 Å². The van der Waals surface area contributed by atoms with Crippen LogP contribution in [0.4, 0.5) is 5.69 Å². The Kier molecular flexibility index (Phi) is 5.52. The van der Waals surface area contributed by atoms with Crippen LogP contribution in [0.5, 0.6) is 5.75 Å². The van der Waals surface area contributed by atoms with E-state index in [2.05, 4.69) is 5.32 Å². The van der Waals surface area contributed by atoms with Gasteiger partial charge in [-0.1, -0.05) is 23.2 Å². The van der Waals surface area contributed by atoms with E-state index in [4.69, 9.17) is 27.9 Å². The maximum atomic E-state index is 12.3. The van der Waals surface area contributed by atoms with Crippen LogP contribution in [-0.2, 0) is 0 Å². The van der Waals surface area contributed by atoms with Crippen LogP contribution >= 0.6 is 23.2 Å². The van der Waals surface area contributed by atoms with Crippen LogP contribution in [0.2, 0.25) is 10.0 Å². The highest BCUT2D eigenvalue weighted by molar-refractivity contribution is 6.37. The van der Waals surface area contributed by atoms with Gasteiger partial charge in [0.1, 0.15) is 11.9 Å². The van der Waals surface area contributed by atoms with Gasteiger partial charge in [0.05, 0.1) is 10.0 Å². The summed E-state index contributed by atoms with van der Waals surface area (Å²) in [7, 11) is 0. The van der Waals surface area contributed by atoms with Gasteiger partial charge in [-0.3, -0.25) is 9.59 Å². The monoisotopic (exact) mass is 365 g/mol. The van der Waals surface area contributed by atoms with Crippen LogP contribution in [0.1, 0.15) is 41.5 Å². The molecular weight excluding hydrogens is 349 g/mol. The van der Waals surface area contributed by atoms with Crippen LogP contribution in [0.25, 0.3) is 0 Å². The first-order chi connectivity index (χ1) is 11.2. The van der Waals surface area contributed by atoms with E-state index in [0.29, 0.717) is 22.6 Å². The van der Waals surface area contributed by atoms with Gasteiger partial charge in [-0.25, -0.2) is 0 Å². The second-order valence-corrected chi connectivity index (χ2v) is 6.99. The van der Waals surface area contributed by atoms with Gasteiger partial charge in [-0.2, -0.15) is 0 Å². The molecule has 0 unspecified atom stereocenters. The predicted molar refractivity (Wildman–Crippen MR) is 96.6 cm³/mol. The summed E-state index contributed by atoms with van der Waals surface area (Å²) < 4.78 is 5.71. The van der Waals surface area contributed by atoms with Gasteiger partial charge < -0.3 is 10.1 Å². The Morgan fingerprint density at radius 3 is 2.08 bits per heavy atom. The smallest absolute Gasteiger partial charge is 0.255 e. The number of hydrogen-bond donors (Lipinski definition) is 1. The number of benzene rings is 2. The third-order valence-corrected chi connectivity index (χ3v) is 3.53. The van der Waals surface area contributed by atoms with Crippen LogP contribution in [0.15, 0.2) is 36.4 Å². The Morgan fingerprint density at radius 2 is 1.62 bits per heavy atom. The molecule has 0 aliphatic carbocycles. The van der Waals surface area contributed by atoms with Gasteiger partial charge in [0.15, 0.2) is 5.75 Å². The van der Waals surface area contributed by atoms with Crippen LogP contribution in [-0.4, -0.2) is 17.8 Å². The number of halogens is 2. The van der Waals surface area contributed by atoms with E-state index in [1.54, 1.807) is 24.3 Å².